The number of imidazole rings is 2. The van der Waals surface area contributed by atoms with Gasteiger partial charge in [-0.2, -0.15) is 5.10 Å². The van der Waals surface area contributed by atoms with Crippen LogP contribution in [0.15, 0.2) is 43.0 Å². The first kappa shape index (κ1) is 19.7. The number of anilines is 2. The lowest BCUT2D eigenvalue weighted by Gasteiger charge is -2.23. The van der Waals surface area contributed by atoms with Gasteiger partial charge in [0.05, 0.1) is 17.4 Å². The largest absolute Gasteiger partial charge is 0.334 e. The number of rotatable bonds is 4. The summed E-state index contributed by atoms with van der Waals surface area (Å²) < 4.78 is 4.07. The number of nitrogens with one attached hydrogen (secondary N) is 3. The van der Waals surface area contributed by atoms with Gasteiger partial charge in [0.25, 0.3) is 0 Å². The first-order valence-electron chi connectivity index (χ1n) is 11.2. The molecule has 6 rings (SSSR count). The minimum absolute atomic E-state index is 0.0128. The van der Waals surface area contributed by atoms with Crippen LogP contribution in [-0.4, -0.2) is 41.1 Å². The monoisotopic (exact) mass is 444 g/mol. The smallest absolute Gasteiger partial charge is 0.230 e. The number of aromatic nitrogens is 6. The van der Waals surface area contributed by atoms with E-state index in [9.17, 15) is 9.59 Å². The van der Waals surface area contributed by atoms with E-state index in [1.54, 1.807) is 12.4 Å². The molecule has 0 saturated carbocycles. The van der Waals surface area contributed by atoms with Gasteiger partial charge in [-0.15, -0.1) is 0 Å². The fourth-order valence-electron chi connectivity index (χ4n) is 4.81. The van der Waals surface area contributed by atoms with Crippen molar-refractivity contribution >= 4 is 34.2 Å². The summed E-state index contributed by atoms with van der Waals surface area (Å²) in [6.45, 7) is 1.25. The molecule has 10 heteroatoms. The molecule has 2 amide bonds. The third kappa shape index (κ3) is 3.67. The third-order valence-corrected chi connectivity index (χ3v) is 6.68. The molecule has 4 aromatic rings. The molecule has 3 N–H and O–H groups in total. The Balaban J connectivity index is 1.16. The van der Waals surface area contributed by atoms with Crippen molar-refractivity contribution in [2.75, 3.05) is 10.6 Å². The lowest BCUT2D eigenvalue weighted by Crippen LogP contribution is -2.31. The van der Waals surface area contributed by atoms with Crippen molar-refractivity contribution in [3.8, 4) is 0 Å². The Bertz CT molecular complexity index is 1350. The Labute approximate surface area is 189 Å². The lowest BCUT2D eigenvalue weighted by atomic mass is 9.98. The predicted octanol–water partition coefficient (Wildman–Crippen LogP) is 2.36. The zero-order chi connectivity index (χ0) is 22.4. The molecule has 0 saturated heterocycles. The number of fused-ring (bicyclic) bond motifs is 3. The first-order chi connectivity index (χ1) is 16.1. The third-order valence-electron chi connectivity index (χ3n) is 6.68. The van der Waals surface area contributed by atoms with Crippen molar-refractivity contribution in [3.63, 3.8) is 0 Å². The minimum Gasteiger partial charge on any atom is -0.334 e. The van der Waals surface area contributed by atoms with Gasteiger partial charge >= 0.3 is 0 Å². The zero-order valence-electron chi connectivity index (χ0n) is 18.0. The Kier molecular flexibility index (Phi) is 4.70. The molecule has 1 aromatic carbocycles. The molecule has 2 aliphatic heterocycles. The molecule has 5 heterocycles. The van der Waals surface area contributed by atoms with Crippen molar-refractivity contribution < 1.29 is 9.59 Å². The number of aryl methyl sites for hydroxylation is 2. The highest BCUT2D eigenvalue weighted by Gasteiger charge is 2.27. The summed E-state index contributed by atoms with van der Waals surface area (Å²) in [5, 5.41) is 14.0. The Morgan fingerprint density at radius 1 is 0.909 bits per heavy atom. The molecule has 2 unspecified atom stereocenters. The standard InChI is InChI=1S/C23H24N8O2/c32-22(14-1-5-19-24-7-9-30(19)12-14)26-16-3-4-18-17(11-16)21(29-28-18)27-23(33)15-2-6-20-25-8-10-31(20)13-15/h3-4,7-11,14-15H,1-2,5-6,12-13H2,(H,26,32)(H2,27,28,29,33). The van der Waals surface area contributed by atoms with Gasteiger partial charge in [-0.25, -0.2) is 9.97 Å². The van der Waals surface area contributed by atoms with Gasteiger partial charge in [0.1, 0.15) is 11.6 Å². The van der Waals surface area contributed by atoms with Gasteiger partial charge in [0.15, 0.2) is 5.82 Å². The number of aromatic amines is 1. The van der Waals surface area contributed by atoms with Crippen LogP contribution < -0.4 is 10.6 Å². The summed E-state index contributed by atoms with van der Waals surface area (Å²) in [6, 6.07) is 5.56. The number of amides is 2. The molecule has 0 aliphatic carbocycles. The van der Waals surface area contributed by atoms with Crippen LogP contribution >= 0.6 is 0 Å². The Morgan fingerprint density at radius 3 is 2.21 bits per heavy atom. The molecule has 0 fully saturated rings. The topological polar surface area (TPSA) is 123 Å². The molecular weight excluding hydrogens is 420 g/mol. The average molecular weight is 444 g/mol. The van der Waals surface area contributed by atoms with E-state index in [0.29, 0.717) is 24.6 Å². The molecule has 3 aromatic heterocycles. The summed E-state index contributed by atoms with van der Waals surface area (Å²) in [7, 11) is 0. The summed E-state index contributed by atoms with van der Waals surface area (Å²) in [4.78, 5) is 34.4. The second kappa shape index (κ2) is 7.88. The summed E-state index contributed by atoms with van der Waals surface area (Å²) in [6.07, 6.45) is 10.5. The SMILES string of the molecule is O=C(Nc1ccc2[nH]nc(NC(=O)C3CCc4nccn4C3)c2c1)C1CCc2nccn2C1. The van der Waals surface area contributed by atoms with Crippen molar-refractivity contribution in [2.24, 2.45) is 11.8 Å². The number of H-pyrrole nitrogens is 1. The molecule has 0 bridgehead atoms. The highest BCUT2D eigenvalue weighted by atomic mass is 16.2. The second-order valence-electron chi connectivity index (χ2n) is 8.77. The number of benzene rings is 1. The van der Waals surface area contributed by atoms with E-state index in [0.717, 1.165) is 48.2 Å². The van der Waals surface area contributed by atoms with Crippen LogP contribution in [0.25, 0.3) is 10.9 Å². The van der Waals surface area contributed by atoms with Gasteiger partial charge in [0, 0.05) is 61.8 Å². The highest BCUT2D eigenvalue weighted by molar-refractivity contribution is 6.02. The molecule has 0 radical (unpaired) electrons. The van der Waals surface area contributed by atoms with E-state index in [-0.39, 0.29) is 23.7 Å². The fraction of sp³-hybridized carbons (Fsp3) is 0.348. The van der Waals surface area contributed by atoms with Gasteiger partial charge in [0.2, 0.25) is 11.8 Å². The van der Waals surface area contributed by atoms with Gasteiger partial charge in [-0.3, -0.25) is 14.7 Å². The average Bonchev–Trinajstić information content (AvgIpc) is 3.57. The van der Waals surface area contributed by atoms with Crippen LogP contribution in [0.2, 0.25) is 0 Å². The van der Waals surface area contributed by atoms with Crippen LogP contribution in [0.4, 0.5) is 11.5 Å². The molecule has 33 heavy (non-hydrogen) atoms. The quantitative estimate of drug-likeness (QED) is 0.446. The number of carbonyl (C=O) groups is 2. The minimum atomic E-state index is -0.138. The number of hydrogen-bond donors (Lipinski definition) is 3. The second-order valence-corrected chi connectivity index (χ2v) is 8.77. The van der Waals surface area contributed by atoms with Gasteiger partial charge < -0.3 is 19.8 Å². The number of nitrogens with zero attached hydrogens (tertiary/aromatic N) is 5. The predicted molar refractivity (Wildman–Crippen MR) is 121 cm³/mol. The van der Waals surface area contributed by atoms with Crippen molar-refractivity contribution in [1.29, 1.82) is 0 Å². The van der Waals surface area contributed by atoms with Crippen LogP contribution in [0.5, 0.6) is 0 Å². The van der Waals surface area contributed by atoms with Crippen molar-refractivity contribution in [3.05, 3.63) is 54.6 Å². The fourth-order valence-corrected chi connectivity index (χ4v) is 4.81. The number of carbonyl (C=O) groups excluding carboxylic acids is 2. The Hall–Kier alpha value is -3.95. The molecule has 10 nitrogen and oxygen atoms in total. The van der Waals surface area contributed by atoms with E-state index in [1.165, 1.54) is 0 Å². The van der Waals surface area contributed by atoms with Crippen LogP contribution in [0.1, 0.15) is 24.5 Å². The van der Waals surface area contributed by atoms with Gasteiger partial charge in [-0.05, 0) is 31.0 Å². The van der Waals surface area contributed by atoms with E-state index in [2.05, 4.69) is 30.8 Å². The molecular formula is C23H24N8O2. The van der Waals surface area contributed by atoms with E-state index in [1.807, 2.05) is 39.7 Å². The molecule has 2 atom stereocenters. The summed E-state index contributed by atoms with van der Waals surface area (Å²) in [5.41, 5.74) is 1.48. The molecule has 0 spiro atoms. The maximum absolute atomic E-state index is 12.9. The normalized spacial score (nSPS) is 19.6. The zero-order valence-corrected chi connectivity index (χ0v) is 18.0. The summed E-state index contributed by atoms with van der Waals surface area (Å²) >= 11 is 0. The summed E-state index contributed by atoms with van der Waals surface area (Å²) in [5.74, 6) is 2.21. The maximum atomic E-state index is 12.9. The van der Waals surface area contributed by atoms with Crippen molar-refractivity contribution in [1.82, 2.24) is 29.3 Å². The molecule has 168 valence electrons. The lowest BCUT2D eigenvalue weighted by molar-refractivity contribution is -0.121. The van der Waals surface area contributed by atoms with E-state index >= 15 is 0 Å². The molecule has 2 aliphatic rings. The van der Waals surface area contributed by atoms with E-state index < -0.39 is 0 Å². The van der Waals surface area contributed by atoms with E-state index in [4.69, 9.17) is 0 Å². The van der Waals surface area contributed by atoms with Crippen LogP contribution in [0.3, 0.4) is 0 Å². The van der Waals surface area contributed by atoms with Crippen LogP contribution in [0, 0.1) is 11.8 Å². The van der Waals surface area contributed by atoms with Crippen molar-refractivity contribution in [2.45, 2.75) is 38.8 Å². The highest BCUT2D eigenvalue weighted by Crippen LogP contribution is 2.27. The Morgan fingerprint density at radius 2 is 1.55 bits per heavy atom. The van der Waals surface area contributed by atoms with Crippen LogP contribution in [-0.2, 0) is 35.5 Å². The maximum Gasteiger partial charge on any atom is 0.230 e. The first-order valence-corrected chi connectivity index (χ1v) is 11.2. The van der Waals surface area contributed by atoms with Gasteiger partial charge in [-0.1, -0.05) is 0 Å². The number of hydrogen-bond acceptors (Lipinski definition) is 5.